The Bertz CT molecular complexity index is 652. The van der Waals surface area contributed by atoms with E-state index in [1.54, 1.807) is 12.0 Å². The van der Waals surface area contributed by atoms with E-state index < -0.39 is 0 Å². The van der Waals surface area contributed by atoms with Crippen molar-refractivity contribution in [2.75, 3.05) is 19.1 Å². The number of para-hydroxylation sites is 1. The van der Waals surface area contributed by atoms with Gasteiger partial charge in [-0.05, 0) is 29.3 Å². The molecule has 2 amide bonds. The van der Waals surface area contributed by atoms with Crippen molar-refractivity contribution in [3.63, 3.8) is 0 Å². The molecule has 21 heavy (non-hydrogen) atoms. The van der Waals surface area contributed by atoms with E-state index in [0.717, 1.165) is 17.0 Å². The normalized spacial score (nSPS) is 14.1. The highest BCUT2D eigenvalue weighted by atomic mass is 16.5. The van der Waals surface area contributed by atoms with Gasteiger partial charge in [-0.2, -0.15) is 0 Å². The molecular weight excluding hydrogens is 264 g/mol. The van der Waals surface area contributed by atoms with Crippen LogP contribution in [-0.2, 0) is 13.1 Å². The summed E-state index contributed by atoms with van der Waals surface area (Å²) in [7, 11) is 3.48. The molecule has 108 valence electrons. The lowest BCUT2D eigenvalue weighted by Gasteiger charge is -2.35. The molecule has 0 saturated heterocycles. The summed E-state index contributed by atoms with van der Waals surface area (Å²) in [6.07, 6.45) is 0. The second kappa shape index (κ2) is 5.48. The molecular formula is C17H18N2O2. The van der Waals surface area contributed by atoms with Gasteiger partial charge in [0.05, 0.1) is 19.3 Å². The van der Waals surface area contributed by atoms with E-state index in [4.69, 9.17) is 4.74 Å². The van der Waals surface area contributed by atoms with Gasteiger partial charge in [-0.3, -0.25) is 4.90 Å². The number of ether oxygens (including phenoxy) is 1. The van der Waals surface area contributed by atoms with Crippen LogP contribution in [-0.4, -0.2) is 25.1 Å². The predicted octanol–water partition coefficient (Wildman–Crippen LogP) is 3.27. The molecule has 0 bridgehead atoms. The molecule has 0 spiro atoms. The maximum absolute atomic E-state index is 12.4. The standard InChI is InChI=1S/C17H18N2O2/c1-18-12-14-5-3-4-6-16(14)19(17(18)20)11-13-7-9-15(21-2)10-8-13/h3-10H,11-12H2,1-2H3. The van der Waals surface area contributed by atoms with Crippen LogP contribution < -0.4 is 9.64 Å². The zero-order chi connectivity index (χ0) is 14.8. The third-order valence-electron chi connectivity index (χ3n) is 3.75. The number of fused-ring (bicyclic) bond motifs is 1. The molecule has 4 nitrogen and oxygen atoms in total. The van der Waals surface area contributed by atoms with E-state index in [0.29, 0.717) is 13.1 Å². The first-order valence-electron chi connectivity index (χ1n) is 6.92. The Morgan fingerprint density at radius 3 is 2.52 bits per heavy atom. The van der Waals surface area contributed by atoms with Crippen molar-refractivity contribution in [2.45, 2.75) is 13.1 Å². The molecule has 1 aliphatic heterocycles. The van der Waals surface area contributed by atoms with Crippen LogP contribution in [0.5, 0.6) is 5.75 Å². The first-order chi connectivity index (χ1) is 10.2. The molecule has 0 N–H and O–H groups in total. The van der Waals surface area contributed by atoms with Crippen LogP contribution in [0.4, 0.5) is 10.5 Å². The number of amides is 2. The number of urea groups is 1. The van der Waals surface area contributed by atoms with Gasteiger partial charge in [0.15, 0.2) is 0 Å². The SMILES string of the molecule is COc1ccc(CN2C(=O)N(C)Cc3ccccc32)cc1. The number of benzene rings is 2. The van der Waals surface area contributed by atoms with Gasteiger partial charge >= 0.3 is 6.03 Å². The molecule has 2 aromatic rings. The Balaban J connectivity index is 1.90. The summed E-state index contributed by atoms with van der Waals surface area (Å²) < 4.78 is 5.16. The fraction of sp³-hybridized carbons (Fsp3) is 0.235. The van der Waals surface area contributed by atoms with E-state index in [1.807, 2.05) is 54.4 Å². The number of hydrogen-bond donors (Lipinski definition) is 0. The average molecular weight is 282 g/mol. The molecule has 2 aromatic carbocycles. The molecule has 1 aliphatic rings. The van der Waals surface area contributed by atoms with Crippen molar-refractivity contribution < 1.29 is 9.53 Å². The van der Waals surface area contributed by atoms with Crippen molar-refractivity contribution in [1.82, 2.24) is 4.90 Å². The Morgan fingerprint density at radius 1 is 1.10 bits per heavy atom. The largest absolute Gasteiger partial charge is 0.497 e. The Labute approximate surface area is 124 Å². The number of methoxy groups -OCH3 is 1. The van der Waals surface area contributed by atoms with Gasteiger partial charge in [0.2, 0.25) is 0 Å². The third-order valence-corrected chi connectivity index (χ3v) is 3.75. The van der Waals surface area contributed by atoms with Crippen molar-refractivity contribution in [3.8, 4) is 5.75 Å². The Hall–Kier alpha value is -2.49. The van der Waals surface area contributed by atoms with Crippen LogP contribution in [0.15, 0.2) is 48.5 Å². The Morgan fingerprint density at radius 2 is 1.81 bits per heavy atom. The monoisotopic (exact) mass is 282 g/mol. The summed E-state index contributed by atoms with van der Waals surface area (Å²) in [4.78, 5) is 16.0. The summed E-state index contributed by atoms with van der Waals surface area (Å²) in [6, 6.07) is 15.9. The molecule has 4 heteroatoms. The van der Waals surface area contributed by atoms with E-state index >= 15 is 0 Å². The molecule has 3 rings (SSSR count). The van der Waals surface area contributed by atoms with E-state index in [9.17, 15) is 4.79 Å². The minimum atomic E-state index is 0.0320. The molecule has 0 saturated carbocycles. The molecule has 0 aliphatic carbocycles. The van der Waals surface area contributed by atoms with Crippen molar-refractivity contribution in [3.05, 3.63) is 59.7 Å². The minimum absolute atomic E-state index is 0.0320. The van der Waals surface area contributed by atoms with Gasteiger partial charge < -0.3 is 9.64 Å². The fourth-order valence-electron chi connectivity index (χ4n) is 2.61. The molecule has 0 aromatic heterocycles. The van der Waals surface area contributed by atoms with E-state index in [-0.39, 0.29) is 6.03 Å². The summed E-state index contributed by atoms with van der Waals surface area (Å²) in [5.41, 5.74) is 3.25. The van der Waals surface area contributed by atoms with Crippen molar-refractivity contribution in [2.24, 2.45) is 0 Å². The van der Waals surface area contributed by atoms with Crippen molar-refractivity contribution >= 4 is 11.7 Å². The molecule has 1 heterocycles. The van der Waals surface area contributed by atoms with Crippen LogP contribution >= 0.6 is 0 Å². The number of hydrogen-bond acceptors (Lipinski definition) is 2. The summed E-state index contributed by atoms with van der Waals surface area (Å²) >= 11 is 0. The maximum atomic E-state index is 12.4. The van der Waals surface area contributed by atoms with E-state index in [1.165, 1.54) is 5.56 Å². The van der Waals surface area contributed by atoms with Crippen LogP contribution in [0.1, 0.15) is 11.1 Å². The topological polar surface area (TPSA) is 32.8 Å². The second-order valence-electron chi connectivity index (χ2n) is 5.20. The molecule has 0 unspecified atom stereocenters. The molecule has 0 fully saturated rings. The number of rotatable bonds is 3. The number of carbonyl (C=O) groups is 1. The smallest absolute Gasteiger partial charge is 0.324 e. The van der Waals surface area contributed by atoms with Crippen LogP contribution in [0.25, 0.3) is 0 Å². The van der Waals surface area contributed by atoms with Crippen molar-refractivity contribution in [1.29, 1.82) is 0 Å². The summed E-state index contributed by atoms with van der Waals surface area (Å²) in [5.74, 6) is 0.821. The zero-order valence-corrected chi connectivity index (χ0v) is 12.2. The Kier molecular flexibility index (Phi) is 3.52. The molecule has 0 radical (unpaired) electrons. The lowest BCUT2D eigenvalue weighted by Crippen LogP contribution is -2.44. The lowest BCUT2D eigenvalue weighted by molar-refractivity contribution is 0.210. The van der Waals surface area contributed by atoms with Crippen LogP contribution in [0.3, 0.4) is 0 Å². The number of carbonyl (C=O) groups excluding carboxylic acids is 1. The summed E-state index contributed by atoms with van der Waals surface area (Å²) in [5, 5.41) is 0. The average Bonchev–Trinajstić information content (AvgIpc) is 2.52. The fourth-order valence-corrected chi connectivity index (χ4v) is 2.61. The number of anilines is 1. The van der Waals surface area contributed by atoms with Gasteiger partial charge in [-0.25, -0.2) is 4.79 Å². The quantitative estimate of drug-likeness (QED) is 0.865. The van der Waals surface area contributed by atoms with Gasteiger partial charge in [-0.1, -0.05) is 30.3 Å². The van der Waals surface area contributed by atoms with Gasteiger partial charge in [0.25, 0.3) is 0 Å². The number of nitrogens with zero attached hydrogens (tertiary/aromatic N) is 2. The zero-order valence-electron chi connectivity index (χ0n) is 12.2. The summed E-state index contributed by atoms with van der Waals surface area (Å²) in [6.45, 7) is 1.22. The van der Waals surface area contributed by atoms with E-state index in [2.05, 4.69) is 6.07 Å². The predicted molar refractivity (Wildman–Crippen MR) is 82.5 cm³/mol. The second-order valence-corrected chi connectivity index (χ2v) is 5.20. The highest BCUT2D eigenvalue weighted by Gasteiger charge is 2.27. The van der Waals surface area contributed by atoms with Crippen LogP contribution in [0, 0.1) is 0 Å². The first-order valence-corrected chi connectivity index (χ1v) is 6.92. The highest BCUT2D eigenvalue weighted by molar-refractivity contribution is 5.94. The first kappa shape index (κ1) is 13.5. The minimum Gasteiger partial charge on any atom is -0.497 e. The lowest BCUT2D eigenvalue weighted by atomic mass is 10.1. The third kappa shape index (κ3) is 2.57. The van der Waals surface area contributed by atoms with Gasteiger partial charge in [0, 0.05) is 13.6 Å². The van der Waals surface area contributed by atoms with Gasteiger partial charge in [-0.15, -0.1) is 0 Å². The van der Waals surface area contributed by atoms with Crippen LogP contribution in [0.2, 0.25) is 0 Å². The van der Waals surface area contributed by atoms with Gasteiger partial charge in [0.1, 0.15) is 5.75 Å². The molecule has 0 atom stereocenters. The maximum Gasteiger partial charge on any atom is 0.324 e. The highest BCUT2D eigenvalue weighted by Crippen LogP contribution is 2.29.